The van der Waals surface area contributed by atoms with Crippen molar-refractivity contribution in [3.8, 4) is 16.8 Å². The maximum atomic E-state index is 13.0. The maximum Gasteiger partial charge on any atom is 0.421 e. The Morgan fingerprint density at radius 2 is 1.68 bits per heavy atom. The van der Waals surface area contributed by atoms with Gasteiger partial charge in [0.2, 0.25) is 0 Å². The first-order valence-corrected chi connectivity index (χ1v) is 13.6. The van der Waals surface area contributed by atoms with Gasteiger partial charge >= 0.3 is 6.09 Å². The van der Waals surface area contributed by atoms with Gasteiger partial charge < -0.3 is 4.74 Å². The number of ether oxygens (including phenoxy) is 1. The van der Waals surface area contributed by atoms with E-state index >= 15 is 0 Å². The van der Waals surface area contributed by atoms with Crippen LogP contribution in [0.2, 0.25) is 0 Å². The van der Waals surface area contributed by atoms with Gasteiger partial charge in [0.1, 0.15) is 11.3 Å². The summed E-state index contributed by atoms with van der Waals surface area (Å²) in [6, 6.07) is 14.7. The zero-order valence-corrected chi connectivity index (χ0v) is 23.0. The number of fused-ring (bicyclic) bond motifs is 1. The number of imidazole rings is 1. The summed E-state index contributed by atoms with van der Waals surface area (Å²) in [5, 5.41) is 0. The Bertz CT molecular complexity index is 1600. The zero-order valence-electron chi connectivity index (χ0n) is 22.2. The van der Waals surface area contributed by atoms with Crippen LogP contribution in [0.1, 0.15) is 50.5 Å². The van der Waals surface area contributed by atoms with Gasteiger partial charge in [-0.05, 0) is 57.5 Å². The minimum absolute atomic E-state index is 0.000289. The van der Waals surface area contributed by atoms with E-state index in [9.17, 15) is 13.2 Å². The molecule has 1 amide bonds. The van der Waals surface area contributed by atoms with Gasteiger partial charge in [-0.15, -0.1) is 0 Å². The van der Waals surface area contributed by atoms with Crippen LogP contribution in [0.25, 0.3) is 27.8 Å². The molecule has 4 rings (SSSR count). The number of nitrogens with one attached hydrogen (secondary N) is 1. The second-order valence-corrected chi connectivity index (χ2v) is 11.8. The number of carbonyl (C=O) groups excluding carboxylic acids is 1. The molecule has 8 nitrogen and oxygen atoms in total. The third-order valence-electron chi connectivity index (χ3n) is 5.97. The first-order valence-electron chi connectivity index (χ1n) is 12.1. The molecular weight excluding hydrogens is 488 g/mol. The summed E-state index contributed by atoms with van der Waals surface area (Å²) in [5.74, 6) is 0.906. The highest BCUT2D eigenvalue weighted by Gasteiger charge is 2.26. The Hall–Kier alpha value is -3.72. The summed E-state index contributed by atoms with van der Waals surface area (Å²) in [5.41, 5.74) is 6.38. The number of hydrogen-bond donors (Lipinski definition) is 1. The van der Waals surface area contributed by atoms with Crippen molar-refractivity contribution in [3.63, 3.8) is 0 Å². The van der Waals surface area contributed by atoms with Gasteiger partial charge in [-0.3, -0.25) is 9.55 Å². The molecule has 0 fully saturated rings. The Balaban J connectivity index is 1.84. The van der Waals surface area contributed by atoms with E-state index in [-0.39, 0.29) is 16.9 Å². The first kappa shape index (κ1) is 26.3. The molecule has 0 aliphatic rings. The van der Waals surface area contributed by atoms with Crippen LogP contribution >= 0.6 is 0 Å². The van der Waals surface area contributed by atoms with Gasteiger partial charge in [0.25, 0.3) is 10.0 Å². The fraction of sp³-hybridized carbons (Fsp3) is 0.321. The van der Waals surface area contributed by atoms with Crippen molar-refractivity contribution in [1.82, 2.24) is 19.3 Å². The first-order chi connectivity index (χ1) is 17.3. The van der Waals surface area contributed by atoms with Crippen molar-refractivity contribution in [2.45, 2.75) is 58.8 Å². The molecule has 2 aromatic carbocycles. The van der Waals surface area contributed by atoms with Crippen molar-refractivity contribution < 1.29 is 17.9 Å². The SMILES string of the molecule is CCOC(=O)NS(=O)(=O)c1ccc(C)cc1-c1ccc(-n2c(C(C)(C)C)nc3c(C)nc(C)cc32)cc1. The van der Waals surface area contributed by atoms with E-state index in [4.69, 9.17) is 9.72 Å². The van der Waals surface area contributed by atoms with E-state index in [1.807, 2.05) is 55.8 Å². The van der Waals surface area contributed by atoms with Crippen LogP contribution in [-0.2, 0) is 20.2 Å². The Morgan fingerprint density at radius 1 is 1.00 bits per heavy atom. The van der Waals surface area contributed by atoms with Crippen LogP contribution in [0.3, 0.4) is 0 Å². The van der Waals surface area contributed by atoms with Crippen LogP contribution < -0.4 is 4.72 Å². The largest absolute Gasteiger partial charge is 0.449 e. The lowest BCUT2D eigenvalue weighted by molar-refractivity contribution is 0.158. The molecule has 0 unspecified atom stereocenters. The smallest absolute Gasteiger partial charge is 0.421 e. The van der Waals surface area contributed by atoms with Gasteiger partial charge in [-0.2, -0.15) is 0 Å². The quantitative estimate of drug-likeness (QED) is 0.360. The van der Waals surface area contributed by atoms with Crippen LogP contribution in [0.15, 0.2) is 53.4 Å². The monoisotopic (exact) mass is 520 g/mol. The van der Waals surface area contributed by atoms with Gasteiger partial charge in [-0.25, -0.2) is 22.9 Å². The standard InChI is InChI=1S/C28H32N4O4S/c1-8-36-27(33)31-37(34,35)24-14-9-17(2)15-22(24)20-10-12-21(13-11-20)32-23-16-18(3)29-19(4)25(23)30-26(32)28(5,6)7/h9-16H,8H2,1-7H3,(H,31,33). The van der Waals surface area contributed by atoms with Crippen molar-refractivity contribution >= 4 is 27.1 Å². The predicted molar refractivity (Wildman–Crippen MR) is 145 cm³/mol. The van der Waals surface area contributed by atoms with Gasteiger partial charge in [0.15, 0.2) is 0 Å². The third kappa shape index (κ3) is 5.22. The summed E-state index contributed by atoms with van der Waals surface area (Å²) in [7, 11) is -4.14. The van der Waals surface area contributed by atoms with Crippen LogP contribution in [0, 0.1) is 20.8 Å². The molecule has 0 aliphatic heterocycles. The molecule has 2 aromatic heterocycles. The number of pyridine rings is 1. The molecule has 4 aromatic rings. The molecule has 0 saturated carbocycles. The molecule has 0 radical (unpaired) electrons. The Kier molecular flexibility index (Phi) is 6.85. The average Bonchev–Trinajstić information content (AvgIpc) is 3.19. The highest BCUT2D eigenvalue weighted by Crippen LogP contribution is 2.33. The van der Waals surface area contributed by atoms with Gasteiger partial charge in [0.05, 0.1) is 22.7 Å². The van der Waals surface area contributed by atoms with Crippen molar-refractivity contribution in [3.05, 3.63) is 71.3 Å². The van der Waals surface area contributed by atoms with E-state index in [1.165, 1.54) is 6.07 Å². The molecular formula is C28H32N4O4S. The number of carbonyl (C=O) groups is 1. The van der Waals surface area contributed by atoms with Crippen molar-refractivity contribution in [2.24, 2.45) is 0 Å². The number of sulfonamides is 1. The molecule has 0 spiro atoms. The molecule has 0 bridgehead atoms. The number of aromatic nitrogens is 3. The minimum atomic E-state index is -4.14. The average molecular weight is 521 g/mol. The summed E-state index contributed by atoms with van der Waals surface area (Å²) >= 11 is 0. The second-order valence-electron chi connectivity index (χ2n) is 10.1. The lowest BCUT2D eigenvalue weighted by Gasteiger charge is -2.20. The maximum absolute atomic E-state index is 13.0. The summed E-state index contributed by atoms with van der Waals surface area (Å²) in [6.07, 6.45) is -1.01. The van der Waals surface area contributed by atoms with Gasteiger partial charge in [-0.1, -0.05) is 50.6 Å². The van der Waals surface area contributed by atoms with E-state index in [2.05, 4.69) is 30.3 Å². The molecule has 0 aliphatic carbocycles. The Labute approximate surface area is 217 Å². The molecule has 0 saturated heterocycles. The highest BCUT2D eigenvalue weighted by molar-refractivity contribution is 7.90. The number of benzene rings is 2. The number of rotatable bonds is 5. The lowest BCUT2D eigenvalue weighted by atomic mass is 9.95. The van der Waals surface area contributed by atoms with Crippen molar-refractivity contribution in [1.29, 1.82) is 0 Å². The van der Waals surface area contributed by atoms with Crippen molar-refractivity contribution in [2.75, 3.05) is 6.61 Å². The molecule has 0 atom stereocenters. The highest BCUT2D eigenvalue weighted by atomic mass is 32.2. The van der Waals surface area contributed by atoms with E-state index in [0.717, 1.165) is 39.5 Å². The van der Waals surface area contributed by atoms with E-state index < -0.39 is 16.1 Å². The fourth-order valence-corrected chi connectivity index (χ4v) is 5.47. The predicted octanol–water partition coefficient (Wildman–Crippen LogP) is 5.75. The number of hydrogen-bond acceptors (Lipinski definition) is 6. The topological polar surface area (TPSA) is 103 Å². The number of amides is 1. The second kappa shape index (κ2) is 9.63. The van der Waals surface area contributed by atoms with E-state index in [1.54, 1.807) is 19.1 Å². The molecule has 2 heterocycles. The number of aryl methyl sites for hydroxylation is 3. The molecule has 194 valence electrons. The normalized spacial score (nSPS) is 12.1. The summed E-state index contributed by atoms with van der Waals surface area (Å²) in [4.78, 5) is 21.4. The minimum Gasteiger partial charge on any atom is -0.449 e. The fourth-order valence-electron chi connectivity index (χ4n) is 4.36. The van der Waals surface area contributed by atoms with Crippen LogP contribution in [0.5, 0.6) is 0 Å². The summed E-state index contributed by atoms with van der Waals surface area (Å²) < 4.78 is 34.9. The Morgan fingerprint density at radius 3 is 2.30 bits per heavy atom. The lowest BCUT2D eigenvalue weighted by Crippen LogP contribution is -2.31. The molecule has 9 heteroatoms. The van der Waals surface area contributed by atoms with Crippen LogP contribution in [0.4, 0.5) is 4.79 Å². The third-order valence-corrected chi connectivity index (χ3v) is 7.34. The van der Waals surface area contributed by atoms with Crippen LogP contribution in [-0.4, -0.2) is 35.7 Å². The molecule has 1 N–H and O–H groups in total. The molecule has 37 heavy (non-hydrogen) atoms. The zero-order chi connectivity index (χ0) is 27.1. The summed E-state index contributed by atoms with van der Waals surface area (Å²) in [6.45, 7) is 13.9. The van der Waals surface area contributed by atoms with Gasteiger partial charge in [0, 0.05) is 22.4 Å². The number of nitrogens with zero attached hydrogens (tertiary/aromatic N) is 3. The van der Waals surface area contributed by atoms with E-state index in [0.29, 0.717) is 11.1 Å².